The van der Waals surface area contributed by atoms with Crippen LogP contribution in [0, 0.1) is 5.92 Å². The molecule has 0 aliphatic carbocycles. The molecule has 0 saturated carbocycles. The van der Waals surface area contributed by atoms with E-state index in [1.807, 2.05) is 36.1 Å². The monoisotopic (exact) mass is 284 g/mol. The fourth-order valence-corrected chi connectivity index (χ4v) is 3.06. The first-order valence-corrected chi connectivity index (χ1v) is 7.81. The van der Waals surface area contributed by atoms with Crippen molar-refractivity contribution in [3.05, 3.63) is 48.3 Å². The van der Waals surface area contributed by atoms with Crippen molar-refractivity contribution in [2.75, 3.05) is 26.7 Å². The summed E-state index contributed by atoms with van der Waals surface area (Å²) in [6.07, 6.45) is 6.74. The molecule has 2 heterocycles. The van der Waals surface area contributed by atoms with Gasteiger partial charge in [0.25, 0.3) is 0 Å². The van der Waals surface area contributed by atoms with Crippen molar-refractivity contribution < 1.29 is 0 Å². The summed E-state index contributed by atoms with van der Waals surface area (Å²) < 4.78 is 1.96. The molecule has 1 fully saturated rings. The average Bonchev–Trinajstić information content (AvgIpc) is 2.99. The fourth-order valence-electron chi connectivity index (χ4n) is 3.06. The van der Waals surface area contributed by atoms with E-state index < -0.39 is 0 Å². The molecule has 0 atom stereocenters. The molecule has 4 heteroatoms. The Kier molecular flexibility index (Phi) is 4.68. The molecule has 21 heavy (non-hydrogen) atoms. The van der Waals surface area contributed by atoms with Gasteiger partial charge in [0.15, 0.2) is 0 Å². The molecule has 0 bridgehead atoms. The fraction of sp³-hybridized carbons (Fsp3) is 0.471. The molecule has 0 unspecified atom stereocenters. The molecule has 1 aliphatic rings. The molecule has 1 aromatic carbocycles. The molecule has 112 valence electrons. The molecule has 1 saturated heterocycles. The highest BCUT2D eigenvalue weighted by Crippen LogP contribution is 2.18. The first kappa shape index (κ1) is 14.3. The number of likely N-dealkylation sites (tertiary alicyclic amines) is 1. The second-order valence-electron chi connectivity index (χ2n) is 5.91. The van der Waals surface area contributed by atoms with Gasteiger partial charge in [0, 0.05) is 18.3 Å². The van der Waals surface area contributed by atoms with Crippen molar-refractivity contribution >= 4 is 0 Å². The lowest BCUT2D eigenvalue weighted by molar-refractivity contribution is 0.177. The summed E-state index contributed by atoms with van der Waals surface area (Å²) >= 11 is 0. The van der Waals surface area contributed by atoms with E-state index in [2.05, 4.69) is 33.6 Å². The highest BCUT2D eigenvalue weighted by atomic mass is 15.3. The molecule has 0 radical (unpaired) electrons. The van der Waals surface area contributed by atoms with Gasteiger partial charge in [-0.1, -0.05) is 18.2 Å². The molecule has 4 nitrogen and oxygen atoms in total. The van der Waals surface area contributed by atoms with Gasteiger partial charge < -0.3 is 5.32 Å². The van der Waals surface area contributed by atoms with Crippen LogP contribution in [0.1, 0.15) is 18.4 Å². The van der Waals surface area contributed by atoms with Gasteiger partial charge in [0.2, 0.25) is 0 Å². The summed E-state index contributed by atoms with van der Waals surface area (Å²) in [6.45, 7) is 4.56. The number of hydrogen-bond donors (Lipinski definition) is 1. The topological polar surface area (TPSA) is 33.1 Å². The summed E-state index contributed by atoms with van der Waals surface area (Å²) in [4.78, 5) is 2.54. The molecular weight excluding hydrogens is 260 g/mol. The minimum absolute atomic E-state index is 0.846. The van der Waals surface area contributed by atoms with E-state index in [4.69, 9.17) is 0 Å². The zero-order valence-electron chi connectivity index (χ0n) is 12.7. The molecule has 1 aromatic heterocycles. The number of rotatable bonds is 5. The number of aromatic nitrogens is 2. The van der Waals surface area contributed by atoms with E-state index in [1.165, 1.54) is 31.5 Å². The van der Waals surface area contributed by atoms with Crippen LogP contribution < -0.4 is 5.32 Å². The second-order valence-corrected chi connectivity index (χ2v) is 5.91. The third kappa shape index (κ3) is 3.71. The van der Waals surface area contributed by atoms with Crippen molar-refractivity contribution in [2.24, 2.45) is 5.92 Å². The van der Waals surface area contributed by atoms with Gasteiger partial charge in [-0.2, -0.15) is 5.10 Å². The molecule has 1 N–H and O–H groups in total. The Morgan fingerprint density at radius 2 is 1.95 bits per heavy atom. The van der Waals surface area contributed by atoms with Crippen molar-refractivity contribution in [1.29, 1.82) is 0 Å². The maximum atomic E-state index is 4.48. The summed E-state index contributed by atoms with van der Waals surface area (Å²) in [5.74, 6) is 0.846. The maximum absolute atomic E-state index is 4.48. The quantitative estimate of drug-likeness (QED) is 0.914. The van der Waals surface area contributed by atoms with Crippen LogP contribution in [-0.2, 0) is 6.54 Å². The van der Waals surface area contributed by atoms with Crippen LogP contribution in [0.5, 0.6) is 0 Å². The molecule has 3 rings (SSSR count). The van der Waals surface area contributed by atoms with Crippen LogP contribution >= 0.6 is 0 Å². The molecule has 0 amide bonds. The van der Waals surface area contributed by atoms with Gasteiger partial charge in [-0.15, -0.1) is 0 Å². The zero-order valence-corrected chi connectivity index (χ0v) is 12.7. The third-order valence-electron chi connectivity index (χ3n) is 4.26. The number of para-hydroxylation sites is 1. The molecular formula is C17H24N4. The Hall–Kier alpha value is -1.65. The first-order chi connectivity index (χ1) is 10.3. The van der Waals surface area contributed by atoms with Crippen LogP contribution in [0.4, 0.5) is 0 Å². The smallest absolute Gasteiger partial charge is 0.0645 e. The van der Waals surface area contributed by atoms with E-state index in [1.54, 1.807) is 0 Å². The lowest BCUT2D eigenvalue weighted by Crippen LogP contribution is -2.36. The Labute approximate surface area is 126 Å². The van der Waals surface area contributed by atoms with Crippen molar-refractivity contribution in [1.82, 2.24) is 20.0 Å². The molecule has 2 aromatic rings. The van der Waals surface area contributed by atoms with Crippen LogP contribution in [-0.4, -0.2) is 41.4 Å². The van der Waals surface area contributed by atoms with Crippen molar-refractivity contribution in [3.8, 4) is 5.69 Å². The first-order valence-electron chi connectivity index (χ1n) is 7.81. The molecule has 0 spiro atoms. The lowest BCUT2D eigenvalue weighted by atomic mass is 9.97. The summed E-state index contributed by atoms with van der Waals surface area (Å²) in [6, 6.07) is 10.3. The van der Waals surface area contributed by atoms with E-state index in [-0.39, 0.29) is 0 Å². The van der Waals surface area contributed by atoms with Crippen LogP contribution in [0.3, 0.4) is 0 Å². The van der Waals surface area contributed by atoms with Crippen LogP contribution in [0.25, 0.3) is 5.69 Å². The van der Waals surface area contributed by atoms with Crippen LogP contribution in [0.2, 0.25) is 0 Å². The predicted octanol–water partition coefficient (Wildman–Crippen LogP) is 2.30. The summed E-state index contributed by atoms with van der Waals surface area (Å²) in [5.41, 5.74) is 2.42. The van der Waals surface area contributed by atoms with E-state index in [0.717, 1.165) is 24.7 Å². The Bertz CT molecular complexity index is 541. The van der Waals surface area contributed by atoms with Gasteiger partial charge in [0.05, 0.1) is 11.9 Å². The average molecular weight is 284 g/mol. The number of hydrogen-bond acceptors (Lipinski definition) is 3. The number of nitrogens with one attached hydrogen (secondary N) is 1. The molecule has 1 aliphatic heterocycles. The highest BCUT2D eigenvalue weighted by Gasteiger charge is 2.18. The van der Waals surface area contributed by atoms with Crippen LogP contribution in [0.15, 0.2) is 42.7 Å². The normalized spacial score (nSPS) is 17.2. The van der Waals surface area contributed by atoms with Crippen molar-refractivity contribution in [3.63, 3.8) is 0 Å². The minimum Gasteiger partial charge on any atom is -0.319 e. The number of nitrogens with zero attached hydrogens (tertiary/aromatic N) is 3. The number of piperidine rings is 1. The van der Waals surface area contributed by atoms with Gasteiger partial charge in [-0.25, -0.2) is 4.68 Å². The van der Waals surface area contributed by atoms with Crippen molar-refractivity contribution in [2.45, 2.75) is 19.4 Å². The van der Waals surface area contributed by atoms with Gasteiger partial charge in [0.1, 0.15) is 0 Å². The summed E-state index contributed by atoms with van der Waals surface area (Å²) in [7, 11) is 2.05. The maximum Gasteiger partial charge on any atom is 0.0645 e. The Morgan fingerprint density at radius 3 is 2.67 bits per heavy atom. The Balaban J connectivity index is 1.56. The summed E-state index contributed by atoms with van der Waals surface area (Å²) in [5, 5.41) is 7.77. The third-order valence-corrected chi connectivity index (χ3v) is 4.26. The number of benzene rings is 1. The van der Waals surface area contributed by atoms with E-state index in [9.17, 15) is 0 Å². The standard InChI is InChI=1S/C17H24N4/c1-18-11-15-7-9-20(10-8-15)13-16-12-19-21(14-16)17-5-3-2-4-6-17/h2-6,12,14-15,18H,7-11,13H2,1H3. The second kappa shape index (κ2) is 6.87. The predicted molar refractivity (Wildman–Crippen MR) is 85.5 cm³/mol. The van der Waals surface area contributed by atoms with E-state index in [0.29, 0.717) is 0 Å². The minimum atomic E-state index is 0.846. The lowest BCUT2D eigenvalue weighted by Gasteiger charge is -2.31. The largest absolute Gasteiger partial charge is 0.319 e. The van der Waals surface area contributed by atoms with Gasteiger partial charge >= 0.3 is 0 Å². The Morgan fingerprint density at radius 1 is 1.19 bits per heavy atom. The van der Waals surface area contributed by atoms with Gasteiger partial charge in [-0.05, 0) is 57.6 Å². The zero-order chi connectivity index (χ0) is 14.5. The SMILES string of the molecule is CNCC1CCN(Cc2cnn(-c3ccccc3)c2)CC1. The van der Waals surface area contributed by atoms with Gasteiger partial charge in [-0.3, -0.25) is 4.90 Å². The highest BCUT2D eigenvalue weighted by molar-refractivity contribution is 5.30. The van der Waals surface area contributed by atoms with E-state index >= 15 is 0 Å².